The third kappa shape index (κ3) is 4.15. The van der Waals surface area contributed by atoms with Gasteiger partial charge in [-0.25, -0.2) is 9.50 Å². The van der Waals surface area contributed by atoms with Crippen molar-refractivity contribution in [2.45, 2.75) is 52.5 Å². The molecule has 1 fully saturated rings. The van der Waals surface area contributed by atoms with Crippen molar-refractivity contribution in [3.05, 3.63) is 40.2 Å². The Labute approximate surface area is 209 Å². The number of aliphatic hydroxyl groups excluding tert-OH is 1. The van der Waals surface area contributed by atoms with E-state index in [1.165, 1.54) is 11.1 Å². The number of rotatable bonds is 6. The highest BCUT2D eigenvalue weighted by Gasteiger charge is 2.28. The van der Waals surface area contributed by atoms with Crippen molar-refractivity contribution < 1.29 is 9.90 Å². The molecule has 1 saturated heterocycles. The van der Waals surface area contributed by atoms with E-state index in [1.807, 2.05) is 22.5 Å². The van der Waals surface area contributed by atoms with Crippen molar-refractivity contribution in [2.75, 3.05) is 33.3 Å². The number of amides is 1. The number of aromatic nitrogens is 4. The number of hydrogen-bond acceptors (Lipinski definition) is 6. The predicted octanol–water partition coefficient (Wildman–Crippen LogP) is 4.21. The van der Waals surface area contributed by atoms with E-state index in [0.717, 1.165) is 63.5 Å². The van der Waals surface area contributed by atoms with Crippen molar-refractivity contribution in [1.29, 1.82) is 0 Å². The number of nitrogens with one attached hydrogen (secondary N) is 1. The number of carbonyl (C=O) groups excluding carboxylic acids is 1. The SMILES string of the molecule is Cc1c(-c2[nH]c3cc(C(=O)N(C)C4CCN(CCO)CC4)sc3c2C(C)C)cn2ncnc2c1C. The molecular formula is C26H34N6O2S. The van der Waals surface area contributed by atoms with Crippen LogP contribution in [0.3, 0.4) is 0 Å². The highest BCUT2D eigenvalue weighted by molar-refractivity contribution is 7.21. The fourth-order valence-corrected chi connectivity index (χ4v) is 6.63. The smallest absolute Gasteiger partial charge is 0.264 e. The Kier molecular flexibility index (Phi) is 6.41. The summed E-state index contributed by atoms with van der Waals surface area (Å²) in [6.07, 6.45) is 5.52. The first kappa shape index (κ1) is 24.0. The topological polar surface area (TPSA) is 89.8 Å². The summed E-state index contributed by atoms with van der Waals surface area (Å²) >= 11 is 1.59. The number of β-amino-alcohol motifs (C(OH)–C–C–N with tert-alkyl or cyclic N) is 1. The van der Waals surface area contributed by atoms with E-state index in [9.17, 15) is 9.90 Å². The molecule has 0 saturated carbocycles. The third-order valence-corrected chi connectivity index (χ3v) is 8.69. The van der Waals surface area contributed by atoms with Crippen molar-refractivity contribution in [3.63, 3.8) is 0 Å². The number of fused-ring (bicyclic) bond motifs is 2. The number of nitrogens with zero attached hydrogens (tertiary/aromatic N) is 5. The Bertz CT molecular complexity index is 1380. The molecule has 4 aromatic rings. The summed E-state index contributed by atoms with van der Waals surface area (Å²) in [6, 6.07) is 2.25. The molecule has 5 heterocycles. The first-order chi connectivity index (χ1) is 16.8. The average molecular weight is 495 g/mol. The lowest BCUT2D eigenvalue weighted by Crippen LogP contribution is -2.46. The van der Waals surface area contributed by atoms with Crippen LogP contribution < -0.4 is 0 Å². The molecular weight excluding hydrogens is 460 g/mol. The van der Waals surface area contributed by atoms with Gasteiger partial charge in [0.25, 0.3) is 5.91 Å². The maximum atomic E-state index is 13.4. The molecule has 0 unspecified atom stereocenters. The molecule has 1 amide bonds. The van der Waals surface area contributed by atoms with Crippen LogP contribution in [0.15, 0.2) is 18.6 Å². The van der Waals surface area contributed by atoms with Crippen LogP contribution >= 0.6 is 11.3 Å². The summed E-state index contributed by atoms with van der Waals surface area (Å²) in [5, 5.41) is 13.6. The molecule has 0 bridgehead atoms. The van der Waals surface area contributed by atoms with Crippen LogP contribution in [0, 0.1) is 13.8 Å². The van der Waals surface area contributed by atoms with Gasteiger partial charge in [0.15, 0.2) is 5.65 Å². The van der Waals surface area contributed by atoms with Gasteiger partial charge in [0, 0.05) is 44.5 Å². The molecule has 35 heavy (non-hydrogen) atoms. The Hall–Kier alpha value is -2.75. The summed E-state index contributed by atoms with van der Waals surface area (Å²) in [7, 11) is 1.93. The number of aromatic amines is 1. The lowest BCUT2D eigenvalue weighted by molar-refractivity contribution is 0.0630. The molecule has 4 aromatic heterocycles. The van der Waals surface area contributed by atoms with Gasteiger partial charge in [-0.3, -0.25) is 4.79 Å². The molecule has 1 aliphatic rings. The second-order valence-electron chi connectivity index (χ2n) is 9.96. The van der Waals surface area contributed by atoms with E-state index in [0.29, 0.717) is 12.5 Å². The monoisotopic (exact) mass is 494 g/mol. The standard InChI is InChI=1S/C26H34N6O2S/c1-15(2)22-23(19-13-32-25(27-14-28-32)17(4)16(19)3)29-20-12-21(35-24(20)22)26(34)30(5)18-6-8-31(9-7-18)10-11-33/h12-15,18,29,33H,6-11H2,1-5H3. The van der Waals surface area contributed by atoms with Crippen LogP contribution in [0.4, 0.5) is 0 Å². The van der Waals surface area contributed by atoms with Crippen molar-refractivity contribution >= 4 is 33.1 Å². The number of thiophene rings is 1. The van der Waals surface area contributed by atoms with E-state index in [1.54, 1.807) is 17.7 Å². The van der Waals surface area contributed by atoms with Crippen LogP contribution in [0.25, 0.3) is 27.1 Å². The molecule has 8 nitrogen and oxygen atoms in total. The number of likely N-dealkylation sites (tertiary alicyclic amines) is 1. The van der Waals surface area contributed by atoms with Gasteiger partial charge in [-0.05, 0) is 55.4 Å². The molecule has 0 aromatic carbocycles. The first-order valence-corrected chi connectivity index (χ1v) is 13.2. The number of carbonyl (C=O) groups is 1. The summed E-state index contributed by atoms with van der Waals surface area (Å²) in [5.41, 5.74) is 7.66. The summed E-state index contributed by atoms with van der Waals surface area (Å²) < 4.78 is 2.99. The number of aliphatic hydroxyl groups is 1. The van der Waals surface area contributed by atoms with Gasteiger partial charge in [-0.2, -0.15) is 5.10 Å². The van der Waals surface area contributed by atoms with Gasteiger partial charge in [0.1, 0.15) is 6.33 Å². The van der Waals surface area contributed by atoms with E-state index in [4.69, 9.17) is 0 Å². The van der Waals surface area contributed by atoms with E-state index in [2.05, 4.69) is 53.9 Å². The zero-order valence-corrected chi connectivity index (χ0v) is 21.9. The average Bonchev–Trinajstić information content (AvgIpc) is 3.55. The van der Waals surface area contributed by atoms with Crippen LogP contribution in [-0.2, 0) is 0 Å². The number of pyridine rings is 1. The zero-order chi connectivity index (χ0) is 24.9. The third-order valence-electron chi connectivity index (χ3n) is 7.53. The molecule has 9 heteroatoms. The van der Waals surface area contributed by atoms with Gasteiger partial charge in [-0.1, -0.05) is 13.8 Å². The second-order valence-corrected chi connectivity index (χ2v) is 11.0. The summed E-state index contributed by atoms with van der Waals surface area (Å²) in [6.45, 7) is 11.4. The van der Waals surface area contributed by atoms with Gasteiger partial charge in [0.2, 0.25) is 0 Å². The number of aryl methyl sites for hydroxylation is 1. The molecule has 0 atom stereocenters. The lowest BCUT2D eigenvalue weighted by atomic mass is 9.96. The van der Waals surface area contributed by atoms with Gasteiger partial charge >= 0.3 is 0 Å². The van der Waals surface area contributed by atoms with Crippen LogP contribution in [-0.4, -0.2) is 79.7 Å². The van der Waals surface area contributed by atoms with Crippen LogP contribution in [0.1, 0.15) is 59.0 Å². The van der Waals surface area contributed by atoms with Crippen molar-refractivity contribution in [2.24, 2.45) is 0 Å². The number of piperidine rings is 1. The van der Waals surface area contributed by atoms with Crippen LogP contribution in [0.2, 0.25) is 0 Å². The van der Waals surface area contributed by atoms with Crippen LogP contribution in [0.5, 0.6) is 0 Å². The maximum absolute atomic E-state index is 13.4. The Morgan fingerprint density at radius 2 is 2.03 bits per heavy atom. The fourth-order valence-electron chi connectivity index (χ4n) is 5.33. The Morgan fingerprint density at radius 1 is 1.29 bits per heavy atom. The number of hydrogen-bond donors (Lipinski definition) is 2. The molecule has 0 spiro atoms. The molecule has 0 radical (unpaired) electrons. The highest BCUT2D eigenvalue weighted by atomic mass is 32.1. The minimum Gasteiger partial charge on any atom is -0.395 e. The summed E-state index contributed by atoms with van der Waals surface area (Å²) in [4.78, 5) is 26.4. The maximum Gasteiger partial charge on any atom is 0.264 e. The predicted molar refractivity (Wildman–Crippen MR) is 140 cm³/mol. The summed E-state index contributed by atoms with van der Waals surface area (Å²) in [5.74, 6) is 0.382. The molecule has 1 aliphatic heterocycles. The lowest BCUT2D eigenvalue weighted by Gasteiger charge is -2.36. The van der Waals surface area contributed by atoms with Gasteiger partial charge in [-0.15, -0.1) is 11.3 Å². The number of H-pyrrole nitrogens is 1. The quantitative estimate of drug-likeness (QED) is 0.419. The second kappa shape index (κ2) is 9.37. The molecule has 2 N–H and O–H groups in total. The van der Waals surface area contributed by atoms with Crippen molar-refractivity contribution in [1.82, 2.24) is 29.4 Å². The Balaban J connectivity index is 1.47. The van der Waals surface area contributed by atoms with Crippen molar-refractivity contribution in [3.8, 4) is 11.3 Å². The molecule has 186 valence electrons. The van der Waals surface area contributed by atoms with E-state index < -0.39 is 0 Å². The fraction of sp³-hybridized carbons (Fsp3) is 0.500. The minimum atomic E-state index is 0.0903. The van der Waals surface area contributed by atoms with E-state index in [-0.39, 0.29) is 18.6 Å². The first-order valence-electron chi connectivity index (χ1n) is 12.4. The Morgan fingerprint density at radius 3 is 2.71 bits per heavy atom. The van der Waals surface area contributed by atoms with Gasteiger partial charge < -0.3 is 19.9 Å². The van der Waals surface area contributed by atoms with E-state index >= 15 is 0 Å². The molecule has 5 rings (SSSR count). The van der Waals surface area contributed by atoms with Gasteiger partial charge in [0.05, 0.1) is 27.4 Å². The minimum absolute atomic E-state index is 0.0903. The zero-order valence-electron chi connectivity index (χ0n) is 21.1. The highest BCUT2D eigenvalue weighted by Crippen LogP contribution is 2.41. The largest absolute Gasteiger partial charge is 0.395 e. The normalized spacial score (nSPS) is 15.6. The molecule has 0 aliphatic carbocycles.